The molecule has 0 fully saturated rings. The summed E-state index contributed by atoms with van der Waals surface area (Å²) in [4.78, 5) is 19.6. The third-order valence-electron chi connectivity index (χ3n) is 6.21. The number of aryl methyl sites for hydroxylation is 2. The van der Waals surface area contributed by atoms with Crippen molar-refractivity contribution >= 4 is 56.7 Å². The van der Waals surface area contributed by atoms with E-state index >= 15 is 0 Å². The van der Waals surface area contributed by atoms with Crippen LogP contribution in [0.1, 0.15) is 10.0 Å². The zero-order valence-corrected chi connectivity index (χ0v) is 21.2. The van der Waals surface area contributed by atoms with Crippen LogP contribution in [0, 0.1) is 0 Å². The minimum Gasteiger partial charge on any atom is -0.249 e. The maximum atomic E-state index is 5.18. The van der Waals surface area contributed by atoms with E-state index in [0.29, 0.717) is 0 Å². The fourth-order valence-corrected chi connectivity index (χ4v) is 6.38. The van der Waals surface area contributed by atoms with E-state index in [4.69, 9.17) is 20.0 Å². The molecule has 0 unspecified atom stereocenters. The Morgan fingerprint density at radius 3 is 1.58 bits per heavy atom. The van der Waals surface area contributed by atoms with Crippen LogP contribution >= 0.6 is 22.7 Å². The fraction of sp³-hybridized carbons (Fsp3) is 0.0714. The highest BCUT2D eigenvalue weighted by Crippen LogP contribution is 2.40. The van der Waals surface area contributed by atoms with E-state index < -0.39 is 0 Å². The first kappa shape index (κ1) is 21.2. The van der Waals surface area contributed by atoms with Crippen molar-refractivity contribution in [2.75, 3.05) is 0 Å². The summed E-state index contributed by atoms with van der Waals surface area (Å²) in [7, 11) is 4.16. The highest BCUT2D eigenvalue weighted by molar-refractivity contribution is 7.12. The molecule has 5 aliphatic heterocycles. The normalized spacial score (nSPS) is 19.7. The molecule has 0 spiro atoms. The van der Waals surface area contributed by atoms with E-state index in [-0.39, 0.29) is 0 Å². The molecule has 8 heteroatoms. The predicted molar refractivity (Wildman–Crippen MR) is 147 cm³/mol. The van der Waals surface area contributed by atoms with E-state index in [1.807, 2.05) is 48.6 Å². The van der Waals surface area contributed by atoms with Crippen molar-refractivity contribution in [2.24, 2.45) is 34.1 Å². The predicted octanol–water partition coefficient (Wildman–Crippen LogP) is 4.41. The summed E-state index contributed by atoms with van der Waals surface area (Å²) in [5.41, 5.74) is 9.24. The molecule has 0 N–H and O–H groups in total. The number of aliphatic imine (C=N–C) groups is 4. The average Bonchev–Trinajstić information content (AvgIpc) is 3.67. The summed E-state index contributed by atoms with van der Waals surface area (Å²) < 4.78 is 4.32. The lowest BCUT2D eigenvalue weighted by atomic mass is 10.0. The molecule has 0 aliphatic carbocycles. The Morgan fingerprint density at radius 2 is 1.06 bits per heavy atom. The SMILES string of the molecule is C[n+]1ccsc1C1=C(c2scc[n+]2C)C2=NC1=CC1=NC(=CC3=NC(=CC4=NC(=C2)C=C4)C=C3)C=C1. The van der Waals surface area contributed by atoms with E-state index in [2.05, 4.69) is 58.5 Å². The van der Waals surface area contributed by atoms with Crippen LogP contribution in [0.15, 0.2) is 127 Å². The molecule has 0 saturated heterocycles. The van der Waals surface area contributed by atoms with Crippen LogP contribution in [-0.4, -0.2) is 22.8 Å². The second-order valence-corrected chi connectivity index (χ2v) is 10.5. The summed E-state index contributed by atoms with van der Waals surface area (Å²) in [6.45, 7) is 0. The van der Waals surface area contributed by atoms with E-state index in [1.54, 1.807) is 22.7 Å². The van der Waals surface area contributed by atoms with Crippen LogP contribution in [0.2, 0.25) is 0 Å². The van der Waals surface area contributed by atoms with Crippen molar-refractivity contribution in [3.8, 4) is 0 Å². The maximum absolute atomic E-state index is 5.18. The van der Waals surface area contributed by atoms with Gasteiger partial charge in [-0.2, -0.15) is 9.13 Å². The summed E-state index contributed by atoms with van der Waals surface area (Å²) in [5.74, 6) is 0. The summed E-state index contributed by atoms with van der Waals surface area (Å²) in [6.07, 6.45) is 24.4. The van der Waals surface area contributed by atoms with Gasteiger partial charge in [0.2, 0.25) is 0 Å². The summed E-state index contributed by atoms with van der Waals surface area (Å²) in [6, 6.07) is 0. The van der Waals surface area contributed by atoms with E-state index in [1.165, 1.54) is 0 Å². The molecule has 172 valence electrons. The molecule has 7 rings (SSSR count). The maximum Gasteiger partial charge on any atom is 0.271 e. The van der Waals surface area contributed by atoms with Crippen molar-refractivity contribution in [3.05, 3.63) is 117 Å². The minimum absolute atomic E-state index is 0.868. The van der Waals surface area contributed by atoms with Gasteiger partial charge in [0.1, 0.15) is 25.2 Å². The number of nitrogens with zero attached hydrogens (tertiary/aromatic N) is 6. The van der Waals surface area contributed by atoms with Crippen molar-refractivity contribution in [3.63, 3.8) is 0 Å². The quantitative estimate of drug-likeness (QED) is 0.545. The lowest BCUT2D eigenvalue weighted by Crippen LogP contribution is -2.31. The van der Waals surface area contributed by atoms with Crippen LogP contribution in [0.4, 0.5) is 0 Å². The van der Waals surface area contributed by atoms with Gasteiger partial charge in [-0.25, -0.2) is 20.0 Å². The Labute approximate surface area is 216 Å². The molecule has 6 nitrogen and oxygen atoms in total. The Kier molecular flexibility index (Phi) is 4.83. The molecule has 0 radical (unpaired) electrons. The number of hydrogen-bond donors (Lipinski definition) is 0. The largest absolute Gasteiger partial charge is 0.271 e. The molecule has 2 aromatic rings. The van der Waals surface area contributed by atoms with Gasteiger partial charge in [0.15, 0.2) is 12.4 Å². The molecule has 8 bridgehead atoms. The van der Waals surface area contributed by atoms with Crippen LogP contribution < -0.4 is 9.13 Å². The fourth-order valence-electron chi connectivity index (χ4n) is 4.53. The van der Waals surface area contributed by atoms with Crippen molar-refractivity contribution in [1.29, 1.82) is 0 Å². The number of allylic oxidation sites excluding steroid dienone is 12. The molecular weight excluding hydrogens is 484 g/mol. The third kappa shape index (κ3) is 3.62. The molecule has 0 amide bonds. The van der Waals surface area contributed by atoms with Crippen LogP contribution in [0.3, 0.4) is 0 Å². The topological polar surface area (TPSA) is 57.2 Å². The monoisotopic (exact) mass is 504 g/mol. The van der Waals surface area contributed by atoms with Gasteiger partial charge in [-0.05, 0) is 60.8 Å². The van der Waals surface area contributed by atoms with Gasteiger partial charge in [0.25, 0.3) is 10.0 Å². The zero-order chi connectivity index (χ0) is 24.2. The number of fused-ring (bicyclic) bond motifs is 4. The number of aromatic nitrogens is 2. The van der Waals surface area contributed by atoms with Crippen molar-refractivity contribution in [1.82, 2.24) is 0 Å². The van der Waals surface area contributed by atoms with Crippen LogP contribution in [-0.2, 0) is 14.1 Å². The first-order chi connectivity index (χ1) is 17.6. The van der Waals surface area contributed by atoms with E-state index in [0.717, 1.165) is 66.8 Å². The van der Waals surface area contributed by atoms with Gasteiger partial charge < -0.3 is 0 Å². The van der Waals surface area contributed by atoms with Gasteiger partial charge in [-0.3, -0.25) is 0 Å². The second-order valence-electron chi connectivity index (χ2n) is 8.73. The van der Waals surface area contributed by atoms with Gasteiger partial charge >= 0.3 is 0 Å². The van der Waals surface area contributed by atoms with Gasteiger partial charge in [-0.1, -0.05) is 22.7 Å². The van der Waals surface area contributed by atoms with Gasteiger partial charge in [0, 0.05) is 0 Å². The van der Waals surface area contributed by atoms with Crippen LogP contribution in [0.5, 0.6) is 0 Å². The Bertz CT molecular complexity index is 1730. The lowest BCUT2D eigenvalue weighted by Gasteiger charge is -2.02. The highest BCUT2D eigenvalue weighted by Gasteiger charge is 2.36. The van der Waals surface area contributed by atoms with Gasteiger partial charge in [-0.15, -0.1) is 0 Å². The average molecular weight is 505 g/mol. The number of rotatable bonds is 2. The standard InChI is InChI=1S/C28H20N6S2/c1-33-9-11-35-27(33)25-23-15-21-7-5-19(30-21)13-17-3-4-18(29-17)14-20-6-8-22(31-20)16-24(32-23)26(25)28-34(2)10-12-36-28/h3-16H,1-2H3/q+2. The second kappa shape index (κ2) is 8.22. The zero-order valence-electron chi connectivity index (χ0n) is 19.6. The van der Waals surface area contributed by atoms with Crippen molar-refractivity contribution < 1.29 is 9.13 Å². The molecule has 7 heterocycles. The number of hydrogen-bond acceptors (Lipinski definition) is 6. The van der Waals surface area contributed by atoms with E-state index in [9.17, 15) is 0 Å². The Morgan fingerprint density at radius 1 is 0.556 bits per heavy atom. The molecule has 0 atom stereocenters. The number of thiazole rings is 2. The first-order valence-corrected chi connectivity index (χ1v) is 13.2. The molecule has 36 heavy (non-hydrogen) atoms. The first-order valence-electron chi connectivity index (χ1n) is 11.5. The molecular formula is C28H20N6S2+2. The highest BCUT2D eigenvalue weighted by atomic mass is 32.1. The molecule has 0 saturated carbocycles. The smallest absolute Gasteiger partial charge is 0.249 e. The van der Waals surface area contributed by atoms with Crippen LogP contribution in [0.25, 0.3) is 11.1 Å². The van der Waals surface area contributed by atoms with Crippen molar-refractivity contribution in [2.45, 2.75) is 0 Å². The summed E-state index contributed by atoms with van der Waals surface area (Å²) in [5, 5.41) is 6.51. The minimum atomic E-state index is 0.868. The Hall–Kier alpha value is -4.14. The molecule has 0 aromatic carbocycles. The molecule has 2 aromatic heterocycles. The third-order valence-corrected chi connectivity index (χ3v) is 8.16. The van der Waals surface area contributed by atoms with Gasteiger partial charge in [0.05, 0.1) is 56.4 Å². The Balaban J connectivity index is 1.50. The molecule has 5 aliphatic rings. The summed E-state index contributed by atoms with van der Waals surface area (Å²) >= 11 is 3.43. The lowest BCUT2D eigenvalue weighted by molar-refractivity contribution is -0.669.